The summed E-state index contributed by atoms with van der Waals surface area (Å²) in [5.74, 6) is 1.56. The second-order valence-corrected chi connectivity index (χ2v) is 4.58. The van der Waals surface area contributed by atoms with Crippen molar-refractivity contribution in [3.05, 3.63) is 0 Å². The summed E-state index contributed by atoms with van der Waals surface area (Å²) in [5.41, 5.74) is 0. The summed E-state index contributed by atoms with van der Waals surface area (Å²) < 4.78 is 24.3. The van der Waals surface area contributed by atoms with Crippen molar-refractivity contribution in [1.82, 2.24) is 0 Å². The average Bonchev–Trinajstić information content (AvgIpc) is 1.57. The van der Waals surface area contributed by atoms with Crippen LogP contribution >= 0.6 is 23.4 Å². The maximum absolute atomic E-state index is 12.1. The summed E-state index contributed by atoms with van der Waals surface area (Å²) in [7, 11) is 0. The van der Waals surface area contributed by atoms with Gasteiger partial charge < -0.3 is 0 Å². The predicted octanol–water partition coefficient (Wildman–Crippen LogP) is 2.61. The summed E-state index contributed by atoms with van der Waals surface area (Å²) >= 11 is 7.28. The van der Waals surface area contributed by atoms with Gasteiger partial charge in [-0.1, -0.05) is 0 Å². The average molecular weight is 187 g/mol. The monoisotopic (exact) mass is 186 g/mol. The Hall–Kier alpha value is 0.500. The van der Waals surface area contributed by atoms with Crippen LogP contribution in [0.15, 0.2) is 0 Å². The Kier molecular flexibility index (Phi) is 2.46. The first-order valence-electron chi connectivity index (χ1n) is 3.10. The van der Waals surface area contributed by atoms with Gasteiger partial charge in [0, 0.05) is 5.92 Å². The predicted molar refractivity (Wildman–Crippen MR) is 41.1 cm³/mol. The number of hydrogen-bond donors (Lipinski definition) is 0. The number of rotatable bonds is 2. The molecule has 1 unspecified atom stereocenters. The summed E-state index contributed by atoms with van der Waals surface area (Å²) in [6, 6.07) is 0. The Labute approximate surface area is 68.3 Å². The van der Waals surface area contributed by atoms with E-state index in [-0.39, 0.29) is 5.92 Å². The molecule has 0 spiro atoms. The van der Waals surface area contributed by atoms with Crippen molar-refractivity contribution in [2.24, 2.45) is 5.92 Å². The van der Waals surface area contributed by atoms with Gasteiger partial charge >= 0.3 is 0 Å². The van der Waals surface area contributed by atoms with Crippen molar-refractivity contribution in [2.45, 2.75) is 18.2 Å². The molecular weight excluding hydrogens is 178 g/mol. The van der Waals surface area contributed by atoms with Crippen molar-refractivity contribution in [2.75, 3.05) is 11.5 Å². The topological polar surface area (TPSA) is 0 Å². The van der Waals surface area contributed by atoms with Gasteiger partial charge in [-0.25, -0.2) is 8.78 Å². The van der Waals surface area contributed by atoms with E-state index in [4.69, 9.17) is 11.6 Å². The van der Waals surface area contributed by atoms with Crippen LogP contribution in [0.25, 0.3) is 0 Å². The van der Waals surface area contributed by atoms with Gasteiger partial charge in [-0.3, -0.25) is 0 Å². The summed E-state index contributed by atoms with van der Waals surface area (Å²) in [5, 5.41) is 0. The number of halogens is 3. The van der Waals surface area contributed by atoms with Crippen LogP contribution in [0.5, 0.6) is 0 Å². The second-order valence-electron chi connectivity index (χ2n) is 2.69. The van der Waals surface area contributed by atoms with Gasteiger partial charge in [0.25, 0.3) is 6.43 Å². The second kappa shape index (κ2) is 2.86. The van der Waals surface area contributed by atoms with Crippen molar-refractivity contribution in [3.8, 4) is 0 Å². The molecule has 1 aliphatic heterocycles. The Morgan fingerprint density at radius 2 is 2.10 bits per heavy atom. The minimum atomic E-state index is -2.40. The third-order valence-electron chi connectivity index (χ3n) is 1.86. The number of alkyl halides is 3. The van der Waals surface area contributed by atoms with Gasteiger partial charge in [0.2, 0.25) is 0 Å². The minimum Gasteiger partial charge on any atom is -0.209 e. The molecule has 0 aromatic heterocycles. The fourth-order valence-corrected chi connectivity index (χ4v) is 2.24. The molecule has 0 nitrogen and oxygen atoms in total. The molecule has 60 valence electrons. The Morgan fingerprint density at radius 1 is 1.60 bits per heavy atom. The molecule has 1 fully saturated rings. The van der Waals surface area contributed by atoms with E-state index >= 15 is 0 Å². The van der Waals surface area contributed by atoms with Crippen LogP contribution in [0.2, 0.25) is 0 Å². The van der Waals surface area contributed by atoms with Gasteiger partial charge in [-0.2, -0.15) is 11.8 Å². The molecule has 0 N–H and O–H groups in total. The first-order chi connectivity index (χ1) is 4.55. The van der Waals surface area contributed by atoms with E-state index in [0.29, 0.717) is 0 Å². The van der Waals surface area contributed by atoms with Crippen molar-refractivity contribution in [3.63, 3.8) is 0 Å². The van der Waals surface area contributed by atoms with Gasteiger partial charge in [0.05, 0.1) is 0 Å². The van der Waals surface area contributed by atoms with E-state index in [1.165, 1.54) is 6.92 Å². The molecule has 0 aromatic carbocycles. The van der Waals surface area contributed by atoms with Gasteiger partial charge in [0.1, 0.15) is 4.87 Å². The van der Waals surface area contributed by atoms with Crippen LogP contribution in [0.4, 0.5) is 8.78 Å². The van der Waals surface area contributed by atoms with Gasteiger partial charge in [-0.15, -0.1) is 11.6 Å². The molecule has 1 aliphatic rings. The lowest BCUT2D eigenvalue weighted by molar-refractivity contribution is 0.0799. The van der Waals surface area contributed by atoms with Crippen LogP contribution < -0.4 is 0 Å². The molecular formula is C6H9ClF2S. The highest BCUT2D eigenvalue weighted by atomic mass is 35.5. The zero-order chi connectivity index (χ0) is 7.78. The van der Waals surface area contributed by atoms with E-state index in [0.717, 1.165) is 11.5 Å². The third-order valence-corrected chi connectivity index (χ3v) is 3.61. The van der Waals surface area contributed by atoms with Crippen LogP contribution in [-0.4, -0.2) is 22.8 Å². The van der Waals surface area contributed by atoms with Crippen LogP contribution in [0.3, 0.4) is 0 Å². The van der Waals surface area contributed by atoms with E-state index < -0.39 is 11.3 Å². The molecule has 0 bridgehead atoms. The Morgan fingerprint density at radius 3 is 2.20 bits per heavy atom. The fourth-order valence-electron chi connectivity index (χ4n) is 0.740. The molecule has 1 rings (SSSR count). The van der Waals surface area contributed by atoms with Crippen LogP contribution in [0, 0.1) is 5.92 Å². The maximum Gasteiger partial charge on any atom is 0.257 e. The van der Waals surface area contributed by atoms with Gasteiger partial charge in [0.15, 0.2) is 0 Å². The lowest BCUT2D eigenvalue weighted by Gasteiger charge is -2.36. The van der Waals surface area contributed by atoms with Crippen molar-refractivity contribution >= 4 is 23.4 Å². The molecule has 1 heterocycles. The van der Waals surface area contributed by atoms with E-state index in [1.807, 2.05) is 0 Å². The maximum atomic E-state index is 12.1. The number of hydrogen-bond acceptors (Lipinski definition) is 1. The fraction of sp³-hybridized carbons (Fsp3) is 1.00. The highest BCUT2D eigenvalue weighted by Crippen LogP contribution is 2.41. The van der Waals surface area contributed by atoms with E-state index in [9.17, 15) is 8.78 Å². The minimum absolute atomic E-state index is 0.000772. The smallest absolute Gasteiger partial charge is 0.209 e. The molecule has 1 atom stereocenters. The molecule has 0 radical (unpaired) electrons. The van der Waals surface area contributed by atoms with Crippen molar-refractivity contribution in [1.29, 1.82) is 0 Å². The molecule has 10 heavy (non-hydrogen) atoms. The lowest BCUT2D eigenvalue weighted by Crippen LogP contribution is -2.43. The zero-order valence-corrected chi connectivity index (χ0v) is 7.18. The summed E-state index contributed by atoms with van der Waals surface area (Å²) in [4.78, 5) is -1.29. The quantitative estimate of drug-likeness (QED) is 0.598. The molecule has 0 saturated carbocycles. The third kappa shape index (κ3) is 1.40. The standard InChI is InChI=1S/C6H9ClF2S/c1-6(7,5(8)9)4-2-10-3-4/h4-5H,2-3H2,1H3. The normalized spacial score (nSPS) is 26.1. The Bertz CT molecular complexity index is 123. The largest absolute Gasteiger partial charge is 0.257 e. The molecule has 0 amide bonds. The van der Waals surface area contributed by atoms with Gasteiger partial charge in [-0.05, 0) is 18.4 Å². The molecule has 1 saturated heterocycles. The first-order valence-corrected chi connectivity index (χ1v) is 4.63. The molecule has 0 aliphatic carbocycles. The highest BCUT2D eigenvalue weighted by molar-refractivity contribution is 8.00. The van der Waals surface area contributed by atoms with Crippen molar-refractivity contribution < 1.29 is 8.78 Å². The van der Waals surface area contributed by atoms with Crippen LogP contribution in [-0.2, 0) is 0 Å². The number of thioether (sulfide) groups is 1. The van der Waals surface area contributed by atoms with E-state index in [1.54, 1.807) is 11.8 Å². The first kappa shape index (κ1) is 8.60. The summed E-state index contributed by atoms with van der Waals surface area (Å²) in [6.45, 7) is 1.42. The highest BCUT2D eigenvalue weighted by Gasteiger charge is 2.43. The Balaban J connectivity index is 2.48. The van der Waals surface area contributed by atoms with E-state index in [2.05, 4.69) is 0 Å². The summed E-state index contributed by atoms with van der Waals surface area (Å²) in [6.07, 6.45) is -2.40. The zero-order valence-electron chi connectivity index (χ0n) is 5.61. The molecule has 4 heteroatoms. The SMILES string of the molecule is CC(Cl)(C(F)F)C1CSC1. The lowest BCUT2D eigenvalue weighted by atomic mass is 9.96. The molecule has 0 aromatic rings. The van der Waals surface area contributed by atoms with Crippen LogP contribution in [0.1, 0.15) is 6.92 Å².